The molecule has 0 aliphatic heterocycles. The number of amides is 1. The summed E-state index contributed by atoms with van der Waals surface area (Å²) < 4.78 is 0.683. The summed E-state index contributed by atoms with van der Waals surface area (Å²) >= 11 is 3.26. The number of nitrogens with two attached hydrogens (primary N) is 1. The smallest absolute Gasteiger partial charge is 0.274 e. The van der Waals surface area contributed by atoms with Gasteiger partial charge in [-0.15, -0.1) is 0 Å². The number of halogens is 1. The van der Waals surface area contributed by atoms with Crippen molar-refractivity contribution < 1.29 is 9.72 Å². The van der Waals surface area contributed by atoms with Gasteiger partial charge in [0.2, 0.25) is 0 Å². The van der Waals surface area contributed by atoms with E-state index >= 15 is 0 Å². The van der Waals surface area contributed by atoms with Crippen LogP contribution in [0, 0.1) is 17.0 Å². The Morgan fingerprint density at radius 1 is 1.29 bits per heavy atom. The van der Waals surface area contributed by atoms with Gasteiger partial charge < -0.3 is 11.1 Å². The topological polar surface area (TPSA) is 98.3 Å². The van der Waals surface area contributed by atoms with E-state index in [0.29, 0.717) is 27.0 Å². The van der Waals surface area contributed by atoms with Crippen LogP contribution in [-0.4, -0.2) is 10.8 Å². The number of hydrogen-bond acceptors (Lipinski definition) is 4. The van der Waals surface area contributed by atoms with E-state index in [1.807, 2.05) is 0 Å². The molecule has 2 rings (SSSR count). The second-order valence-electron chi connectivity index (χ2n) is 4.49. The van der Waals surface area contributed by atoms with Crippen molar-refractivity contribution in [3.63, 3.8) is 0 Å². The number of rotatable bonds is 3. The molecular weight excluding hydrogens is 338 g/mol. The van der Waals surface area contributed by atoms with Gasteiger partial charge >= 0.3 is 0 Å². The quantitative estimate of drug-likeness (QED) is 0.503. The van der Waals surface area contributed by atoms with E-state index in [1.165, 1.54) is 12.1 Å². The van der Waals surface area contributed by atoms with Crippen molar-refractivity contribution in [1.29, 1.82) is 0 Å². The second kappa shape index (κ2) is 5.92. The Labute approximate surface area is 129 Å². The van der Waals surface area contributed by atoms with Crippen LogP contribution in [0.2, 0.25) is 0 Å². The van der Waals surface area contributed by atoms with Crippen LogP contribution in [0.25, 0.3) is 0 Å². The van der Waals surface area contributed by atoms with Crippen LogP contribution in [0.1, 0.15) is 15.9 Å². The minimum Gasteiger partial charge on any atom is -0.399 e. The molecule has 7 heteroatoms. The van der Waals surface area contributed by atoms with Crippen LogP contribution in [0.3, 0.4) is 0 Å². The number of anilines is 2. The highest BCUT2D eigenvalue weighted by molar-refractivity contribution is 9.10. The van der Waals surface area contributed by atoms with Crippen LogP contribution < -0.4 is 11.1 Å². The molecule has 0 spiro atoms. The lowest BCUT2D eigenvalue weighted by Crippen LogP contribution is -2.12. The average molecular weight is 350 g/mol. The maximum absolute atomic E-state index is 12.1. The van der Waals surface area contributed by atoms with Crippen molar-refractivity contribution in [2.75, 3.05) is 11.1 Å². The maximum atomic E-state index is 12.1. The molecular formula is C14H12BrN3O3. The van der Waals surface area contributed by atoms with Crippen LogP contribution in [0.5, 0.6) is 0 Å². The van der Waals surface area contributed by atoms with Gasteiger partial charge in [0, 0.05) is 33.0 Å². The number of hydrogen-bond donors (Lipinski definition) is 2. The van der Waals surface area contributed by atoms with Crippen LogP contribution in [0.15, 0.2) is 40.9 Å². The first-order valence-electron chi connectivity index (χ1n) is 5.99. The van der Waals surface area contributed by atoms with Gasteiger partial charge in [-0.05, 0) is 31.2 Å². The van der Waals surface area contributed by atoms with Crippen molar-refractivity contribution in [2.24, 2.45) is 0 Å². The number of carbonyl (C=O) groups excluding carboxylic acids is 1. The fourth-order valence-corrected chi connectivity index (χ4v) is 2.34. The van der Waals surface area contributed by atoms with Crippen LogP contribution in [-0.2, 0) is 0 Å². The Morgan fingerprint density at radius 3 is 2.62 bits per heavy atom. The molecule has 0 aliphatic rings. The van der Waals surface area contributed by atoms with Crippen LogP contribution in [0.4, 0.5) is 17.1 Å². The molecule has 0 saturated carbocycles. The molecule has 0 unspecified atom stereocenters. The molecule has 2 aromatic rings. The van der Waals surface area contributed by atoms with Crippen molar-refractivity contribution >= 4 is 38.9 Å². The summed E-state index contributed by atoms with van der Waals surface area (Å²) in [7, 11) is 0. The minimum absolute atomic E-state index is 0.0402. The molecule has 6 nitrogen and oxygen atoms in total. The molecule has 1 amide bonds. The molecule has 21 heavy (non-hydrogen) atoms. The summed E-state index contributed by atoms with van der Waals surface area (Å²) in [5.41, 5.74) is 7.34. The Morgan fingerprint density at radius 2 is 2.00 bits per heavy atom. The number of aryl methyl sites for hydroxylation is 1. The van der Waals surface area contributed by atoms with E-state index < -0.39 is 4.92 Å². The molecule has 0 heterocycles. The first kappa shape index (κ1) is 15.0. The molecule has 0 atom stereocenters. The lowest BCUT2D eigenvalue weighted by molar-refractivity contribution is -0.385. The molecule has 0 fully saturated rings. The zero-order chi connectivity index (χ0) is 15.6. The summed E-state index contributed by atoms with van der Waals surface area (Å²) in [6, 6.07) is 9.35. The lowest BCUT2D eigenvalue weighted by atomic mass is 10.1. The highest BCUT2D eigenvalue weighted by atomic mass is 79.9. The zero-order valence-corrected chi connectivity index (χ0v) is 12.7. The molecule has 0 bridgehead atoms. The van der Waals surface area contributed by atoms with E-state index in [2.05, 4.69) is 21.2 Å². The largest absolute Gasteiger partial charge is 0.399 e. The van der Waals surface area contributed by atoms with Gasteiger partial charge in [0.25, 0.3) is 11.6 Å². The number of nitro groups is 1. The number of nitrogens with zero attached hydrogens (tertiary/aromatic N) is 1. The van der Waals surface area contributed by atoms with Crippen molar-refractivity contribution in [1.82, 2.24) is 0 Å². The Hall–Kier alpha value is -2.41. The van der Waals surface area contributed by atoms with E-state index in [0.717, 1.165) is 0 Å². The molecule has 3 N–H and O–H groups in total. The monoisotopic (exact) mass is 349 g/mol. The summed E-state index contributed by atoms with van der Waals surface area (Å²) in [4.78, 5) is 22.5. The van der Waals surface area contributed by atoms with Crippen molar-refractivity contribution in [3.8, 4) is 0 Å². The Balaban J connectivity index is 2.27. The zero-order valence-electron chi connectivity index (χ0n) is 11.1. The fraction of sp³-hybridized carbons (Fsp3) is 0.0714. The summed E-state index contributed by atoms with van der Waals surface area (Å²) in [5, 5.41) is 13.5. The third kappa shape index (κ3) is 3.57. The fourth-order valence-electron chi connectivity index (χ4n) is 1.83. The highest BCUT2D eigenvalue weighted by Gasteiger charge is 2.13. The van der Waals surface area contributed by atoms with E-state index in [4.69, 9.17) is 5.73 Å². The Bertz CT molecular complexity index is 711. The maximum Gasteiger partial charge on any atom is 0.274 e. The van der Waals surface area contributed by atoms with E-state index in [-0.39, 0.29) is 11.6 Å². The summed E-state index contributed by atoms with van der Waals surface area (Å²) in [5.74, 6) is -0.388. The molecule has 2 aromatic carbocycles. The second-order valence-corrected chi connectivity index (χ2v) is 5.40. The standard InChI is InChI=1S/C14H12BrN3O3/c1-8-2-3-12(7-13(8)18(20)21)17-14(19)9-4-10(15)6-11(16)5-9/h2-7H,16H2,1H3,(H,17,19). The van der Waals surface area contributed by atoms with Gasteiger partial charge in [0.1, 0.15) is 0 Å². The Kier molecular flexibility index (Phi) is 4.23. The number of nitrogens with one attached hydrogen (secondary N) is 1. The summed E-state index contributed by atoms with van der Waals surface area (Å²) in [6.45, 7) is 1.64. The van der Waals surface area contributed by atoms with Crippen molar-refractivity contribution in [3.05, 3.63) is 62.1 Å². The average Bonchev–Trinajstić information content (AvgIpc) is 2.39. The first-order chi connectivity index (χ1) is 9.86. The first-order valence-corrected chi connectivity index (χ1v) is 6.78. The van der Waals surface area contributed by atoms with Gasteiger partial charge in [0.05, 0.1) is 4.92 Å². The predicted octanol–water partition coefficient (Wildman–Crippen LogP) is 3.50. The minimum atomic E-state index is -0.484. The number of nitrogen functional groups attached to an aromatic ring is 1. The van der Waals surface area contributed by atoms with E-state index in [1.54, 1.807) is 31.2 Å². The van der Waals surface area contributed by atoms with Gasteiger partial charge in [-0.2, -0.15) is 0 Å². The molecule has 0 radical (unpaired) electrons. The number of benzene rings is 2. The van der Waals surface area contributed by atoms with Gasteiger partial charge in [-0.3, -0.25) is 14.9 Å². The molecule has 108 valence electrons. The highest BCUT2D eigenvalue weighted by Crippen LogP contribution is 2.23. The van der Waals surface area contributed by atoms with Crippen LogP contribution >= 0.6 is 15.9 Å². The van der Waals surface area contributed by atoms with Gasteiger partial charge in [0.15, 0.2) is 0 Å². The number of nitro benzene ring substituents is 1. The number of carbonyl (C=O) groups is 1. The molecule has 0 saturated heterocycles. The van der Waals surface area contributed by atoms with E-state index in [9.17, 15) is 14.9 Å². The van der Waals surface area contributed by atoms with Crippen molar-refractivity contribution in [2.45, 2.75) is 6.92 Å². The van der Waals surface area contributed by atoms with Gasteiger partial charge in [-0.1, -0.05) is 22.0 Å². The van der Waals surface area contributed by atoms with Gasteiger partial charge in [-0.25, -0.2) is 0 Å². The summed E-state index contributed by atoms with van der Waals surface area (Å²) in [6.07, 6.45) is 0. The third-order valence-electron chi connectivity index (χ3n) is 2.85. The SMILES string of the molecule is Cc1ccc(NC(=O)c2cc(N)cc(Br)c2)cc1[N+](=O)[O-]. The lowest BCUT2D eigenvalue weighted by Gasteiger charge is -2.07. The predicted molar refractivity (Wildman–Crippen MR) is 84.3 cm³/mol. The third-order valence-corrected chi connectivity index (χ3v) is 3.30. The molecule has 0 aromatic heterocycles. The normalized spacial score (nSPS) is 10.2. The molecule has 0 aliphatic carbocycles.